The first kappa shape index (κ1) is 18.5. The molecule has 146 valence electrons. The summed E-state index contributed by atoms with van der Waals surface area (Å²) in [6.07, 6.45) is -4.76. The number of aromatic nitrogens is 4. The number of benzene rings is 1. The van der Waals surface area contributed by atoms with Crippen molar-refractivity contribution in [1.29, 1.82) is 0 Å². The average Bonchev–Trinajstić information content (AvgIpc) is 3.05. The highest BCUT2D eigenvalue weighted by molar-refractivity contribution is 6.32. The SMILES string of the molecule is Cc1nnc(-c2ccc(N3CC(Oc4cc(C(F)(F)F)ccc4Cl)C3)nn2)o1. The molecule has 7 nitrogen and oxygen atoms in total. The van der Waals surface area contributed by atoms with Gasteiger partial charge in [-0.15, -0.1) is 20.4 Å². The lowest BCUT2D eigenvalue weighted by molar-refractivity contribution is -0.137. The molecular formula is C17H13ClF3N5O2. The van der Waals surface area contributed by atoms with Crippen molar-refractivity contribution in [3.63, 3.8) is 0 Å². The van der Waals surface area contributed by atoms with Crippen molar-refractivity contribution in [3.05, 3.63) is 46.8 Å². The zero-order valence-corrected chi connectivity index (χ0v) is 15.2. The largest absolute Gasteiger partial charge is 0.485 e. The van der Waals surface area contributed by atoms with E-state index < -0.39 is 11.7 Å². The predicted octanol–water partition coefficient (Wildman–Crippen LogP) is 3.77. The highest BCUT2D eigenvalue weighted by Gasteiger charge is 2.33. The molecule has 1 fully saturated rings. The normalized spacial score (nSPS) is 14.8. The van der Waals surface area contributed by atoms with E-state index in [0.717, 1.165) is 12.1 Å². The van der Waals surface area contributed by atoms with Crippen LogP contribution < -0.4 is 9.64 Å². The molecule has 2 aromatic heterocycles. The van der Waals surface area contributed by atoms with Crippen LogP contribution in [0.1, 0.15) is 11.5 Å². The summed E-state index contributed by atoms with van der Waals surface area (Å²) < 4.78 is 49.4. The first-order valence-corrected chi connectivity index (χ1v) is 8.60. The molecule has 0 spiro atoms. The Bertz CT molecular complexity index is 987. The molecule has 0 radical (unpaired) electrons. The van der Waals surface area contributed by atoms with Crippen molar-refractivity contribution in [2.45, 2.75) is 19.2 Å². The quantitative estimate of drug-likeness (QED) is 0.646. The maximum atomic E-state index is 12.8. The van der Waals surface area contributed by atoms with Gasteiger partial charge in [0.05, 0.1) is 23.7 Å². The van der Waals surface area contributed by atoms with Crippen LogP contribution >= 0.6 is 11.6 Å². The first-order chi connectivity index (χ1) is 13.3. The van der Waals surface area contributed by atoms with Crippen molar-refractivity contribution in [1.82, 2.24) is 20.4 Å². The smallest absolute Gasteiger partial charge is 0.416 e. The number of anilines is 1. The van der Waals surface area contributed by atoms with Gasteiger partial charge in [-0.2, -0.15) is 13.2 Å². The number of ether oxygens (including phenoxy) is 1. The summed E-state index contributed by atoms with van der Waals surface area (Å²) in [6.45, 7) is 2.57. The lowest BCUT2D eigenvalue weighted by Crippen LogP contribution is -2.54. The molecule has 4 rings (SSSR count). The molecule has 3 aromatic rings. The standard InChI is InChI=1S/C17H13ClF3N5O2/c1-9-22-25-16(27-9)13-4-5-15(24-23-13)26-7-11(8-26)28-14-6-10(17(19,20)21)2-3-12(14)18/h2-6,11H,7-8H2,1H3. The topological polar surface area (TPSA) is 77.2 Å². The molecule has 28 heavy (non-hydrogen) atoms. The van der Waals surface area contributed by atoms with E-state index in [1.165, 1.54) is 6.07 Å². The summed E-state index contributed by atoms with van der Waals surface area (Å²) in [7, 11) is 0. The van der Waals surface area contributed by atoms with E-state index in [9.17, 15) is 13.2 Å². The highest BCUT2D eigenvalue weighted by atomic mass is 35.5. The Labute approximate surface area is 162 Å². The third-order valence-corrected chi connectivity index (χ3v) is 4.43. The second-order valence-corrected chi connectivity index (χ2v) is 6.60. The molecule has 0 amide bonds. The molecule has 1 aliphatic heterocycles. The minimum absolute atomic E-state index is 0.00865. The molecule has 3 heterocycles. The molecule has 0 unspecified atom stereocenters. The van der Waals surface area contributed by atoms with Gasteiger partial charge in [-0.05, 0) is 30.3 Å². The maximum Gasteiger partial charge on any atom is 0.416 e. The first-order valence-electron chi connectivity index (χ1n) is 8.22. The van der Waals surface area contributed by atoms with Crippen molar-refractivity contribution in [2.24, 2.45) is 0 Å². The van der Waals surface area contributed by atoms with Gasteiger partial charge in [-0.1, -0.05) is 11.6 Å². The van der Waals surface area contributed by atoms with E-state index in [-0.39, 0.29) is 22.8 Å². The van der Waals surface area contributed by atoms with Gasteiger partial charge in [0.2, 0.25) is 5.89 Å². The van der Waals surface area contributed by atoms with Crippen molar-refractivity contribution in [2.75, 3.05) is 18.0 Å². The molecule has 1 aliphatic rings. The molecule has 0 N–H and O–H groups in total. The molecule has 11 heteroatoms. The Morgan fingerprint density at radius 2 is 1.89 bits per heavy atom. The van der Waals surface area contributed by atoms with E-state index in [2.05, 4.69) is 20.4 Å². The van der Waals surface area contributed by atoms with Gasteiger partial charge in [0.25, 0.3) is 5.89 Å². The van der Waals surface area contributed by atoms with Crippen LogP contribution in [-0.4, -0.2) is 39.6 Å². The van der Waals surface area contributed by atoms with E-state index in [4.69, 9.17) is 20.8 Å². The van der Waals surface area contributed by atoms with Crippen molar-refractivity contribution >= 4 is 17.4 Å². The molecule has 0 bridgehead atoms. The summed E-state index contributed by atoms with van der Waals surface area (Å²) in [4.78, 5) is 1.88. The highest BCUT2D eigenvalue weighted by Crippen LogP contribution is 2.36. The number of hydrogen-bond donors (Lipinski definition) is 0. The number of halogens is 4. The number of rotatable bonds is 4. The Morgan fingerprint density at radius 3 is 2.50 bits per heavy atom. The third kappa shape index (κ3) is 3.72. The minimum Gasteiger partial charge on any atom is -0.485 e. The molecule has 0 aliphatic carbocycles. The minimum atomic E-state index is -4.46. The van der Waals surface area contributed by atoms with Crippen LogP contribution in [0.5, 0.6) is 5.75 Å². The summed E-state index contributed by atoms with van der Waals surface area (Å²) >= 11 is 5.95. The monoisotopic (exact) mass is 411 g/mol. The van der Waals surface area contributed by atoms with Gasteiger partial charge in [0, 0.05) is 6.92 Å². The Hall–Kier alpha value is -2.88. The summed E-state index contributed by atoms with van der Waals surface area (Å²) in [5, 5.41) is 15.9. The lowest BCUT2D eigenvalue weighted by atomic mass is 10.1. The van der Waals surface area contributed by atoms with Gasteiger partial charge in [-0.3, -0.25) is 0 Å². The second-order valence-electron chi connectivity index (χ2n) is 6.19. The Kier molecular flexibility index (Phi) is 4.58. The van der Waals surface area contributed by atoms with E-state index in [0.29, 0.717) is 30.5 Å². The van der Waals surface area contributed by atoms with Crippen molar-refractivity contribution in [3.8, 4) is 17.3 Å². The van der Waals surface area contributed by atoms with E-state index in [1.807, 2.05) is 4.90 Å². The fraction of sp³-hybridized carbons (Fsp3) is 0.294. The van der Waals surface area contributed by atoms with Gasteiger partial charge in [0.15, 0.2) is 5.82 Å². The number of alkyl halides is 3. The molecule has 1 aromatic carbocycles. The van der Waals surface area contributed by atoms with Crippen molar-refractivity contribution < 1.29 is 22.3 Å². The Morgan fingerprint density at radius 1 is 1.11 bits per heavy atom. The predicted molar refractivity (Wildman–Crippen MR) is 93.1 cm³/mol. The molecular weight excluding hydrogens is 399 g/mol. The van der Waals surface area contributed by atoms with Gasteiger partial charge < -0.3 is 14.1 Å². The van der Waals surface area contributed by atoms with Gasteiger partial charge in [-0.25, -0.2) is 0 Å². The van der Waals surface area contributed by atoms with Crippen LogP contribution in [0.15, 0.2) is 34.7 Å². The lowest BCUT2D eigenvalue weighted by Gasteiger charge is -2.39. The van der Waals surface area contributed by atoms with Crippen LogP contribution in [0.4, 0.5) is 19.0 Å². The van der Waals surface area contributed by atoms with Crippen LogP contribution in [0.25, 0.3) is 11.6 Å². The zero-order valence-electron chi connectivity index (χ0n) is 14.4. The zero-order chi connectivity index (χ0) is 19.9. The Balaban J connectivity index is 1.39. The van der Waals surface area contributed by atoms with Gasteiger partial charge >= 0.3 is 6.18 Å². The van der Waals surface area contributed by atoms with Crippen LogP contribution in [0, 0.1) is 6.92 Å². The maximum absolute atomic E-state index is 12.8. The van der Waals surface area contributed by atoms with Gasteiger partial charge in [0.1, 0.15) is 17.5 Å². The number of aryl methyl sites for hydroxylation is 1. The van der Waals surface area contributed by atoms with E-state index in [1.54, 1.807) is 19.1 Å². The summed E-state index contributed by atoms with van der Waals surface area (Å²) in [5.41, 5.74) is -0.353. The fourth-order valence-electron chi connectivity index (χ4n) is 2.66. The average molecular weight is 412 g/mol. The molecule has 1 saturated heterocycles. The van der Waals surface area contributed by atoms with E-state index >= 15 is 0 Å². The molecule has 0 atom stereocenters. The van der Waals surface area contributed by atoms with Crippen LogP contribution in [0.3, 0.4) is 0 Å². The summed E-state index contributed by atoms with van der Waals surface area (Å²) in [5.74, 6) is 1.32. The third-order valence-electron chi connectivity index (χ3n) is 4.12. The number of nitrogens with zero attached hydrogens (tertiary/aromatic N) is 5. The fourth-order valence-corrected chi connectivity index (χ4v) is 2.82. The molecule has 0 saturated carbocycles. The number of hydrogen-bond acceptors (Lipinski definition) is 7. The van der Waals surface area contributed by atoms with Crippen LogP contribution in [-0.2, 0) is 6.18 Å². The summed E-state index contributed by atoms with van der Waals surface area (Å²) in [6, 6.07) is 6.46. The van der Waals surface area contributed by atoms with Crippen LogP contribution in [0.2, 0.25) is 5.02 Å². The second kappa shape index (κ2) is 6.93.